The highest BCUT2D eigenvalue weighted by molar-refractivity contribution is 5.90. The second-order valence-electron chi connectivity index (χ2n) is 11.2. The summed E-state index contributed by atoms with van der Waals surface area (Å²) in [7, 11) is 3.25. The predicted octanol–water partition coefficient (Wildman–Crippen LogP) is 5.46. The maximum Gasteiger partial charge on any atom is 0.407 e. The summed E-state index contributed by atoms with van der Waals surface area (Å²) in [6.07, 6.45) is 6.03. The molecule has 1 fully saturated rings. The lowest BCUT2D eigenvalue weighted by Gasteiger charge is -2.35. The van der Waals surface area contributed by atoms with Crippen molar-refractivity contribution < 1.29 is 28.6 Å². The summed E-state index contributed by atoms with van der Waals surface area (Å²) in [6, 6.07) is 8.48. The number of fused-ring (bicyclic) bond motifs is 1. The van der Waals surface area contributed by atoms with Gasteiger partial charge in [0, 0.05) is 19.1 Å². The Labute approximate surface area is 231 Å². The van der Waals surface area contributed by atoms with Gasteiger partial charge in [-0.25, -0.2) is 4.79 Å². The molecule has 2 aromatic carbocycles. The molecule has 1 aliphatic heterocycles. The molecule has 3 atom stereocenters. The minimum absolute atomic E-state index is 0.175. The zero-order chi connectivity index (χ0) is 28.8. The van der Waals surface area contributed by atoms with Gasteiger partial charge in [0.05, 0.1) is 26.3 Å². The van der Waals surface area contributed by atoms with E-state index in [-0.39, 0.29) is 19.1 Å². The van der Waals surface area contributed by atoms with Crippen LogP contribution in [0.25, 0.3) is 16.8 Å². The molecule has 1 saturated heterocycles. The van der Waals surface area contributed by atoms with Crippen molar-refractivity contribution in [2.75, 3.05) is 27.4 Å². The second kappa shape index (κ2) is 12.6. The number of ether oxygens (including phenoxy) is 3. The van der Waals surface area contributed by atoms with Gasteiger partial charge in [-0.3, -0.25) is 4.79 Å². The van der Waals surface area contributed by atoms with Crippen molar-refractivity contribution in [3.05, 3.63) is 47.5 Å². The van der Waals surface area contributed by atoms with Crippen LogP contribution in [-0.2, 0) is 24.7 Å². The fraction of sp³-hybridized carbons (Fsp3) is 0.516. The van der Waals surface area contributed by atoms with Crippen LogP contribution in [0.3, 0.4) is 0 Å². The number of alkyl carbamates (subject to hydrolysis) is 1. The molecule has 0 spiro atoms. The maximum atomic E-state index is 13.9. The van der Waals surface area contributed by atoms with Crippen LogP contribution >= 0.6 is 0 Å². The Morgan fingerprint density at radius 2 is 1.92 bits per heavy atom. The number of amides is 2. The summed E-state index contributed by atoms with van der Waals surface area (Å²) < 4.78 is 16.9. The Hall–Kier alpha value is -3.39. The van der Waals surface area contributed by atoms with Crippen molar-refractivity contribution >= 4 is 35.1 Å². The van der Waals surface area contributed by atoms with Crippen molar-refractivity contribution in [1.29, 1.82) is 0 Å². The van der Waals surface area contributed by atoms with Gasteiger partial charge in [0.1, 0.15) is 23.7 Å². The number of hydrogen-bond acceptors (Lipinski definition) is 6. The lowest BCUT2D eigenvalue weighted by Crippen LogP contribution is -2.56. The third-order valence-electron chi connectivity index (χ3n) is 7.36. The van der Waals surface area contributed by atoms with Crippen LogP contribution in [0.2, 0.25) is 0 Å². The van der Waals surface area contributed by atoms with Crippen LogP contribution < -0.4 is 10.1 Å². The standard InChI is InChI=1S/C31H42N2O6/c1-8-10-14-39-29(36)32-27(30(3,4)5)28(35)33-20-31(38-7,18-25(33)19-34)24-13-12-21-17-26(37-6)22(11-9-2)15-23(21)16-24/h9,11-13,15-17,19,25,27H,8,10,14,18,20H2,1-7H3,(H,32,36)/t25-,27+,31-/m0/s1. The first kappa shape index (κ1) is 30.2. The zero-order valence-electron chi connectivity index (χ0n) is 24.2. The number of allylic oxidation sites excluding steroid dienone is 1. The Kier molecular flexibility index (Phi) is 9.78. The highest BCUT2D eigenvalue weighted by Crippen LogP contribution is 2.41. The molecule has 3 rings (SSSR count). The molecule has 212 valence electrons. The third-order valence-corrected chi connectivity index (χ3v) is 7.36. The molecule has 1 heterocycles. The summed E-state index contributed by atoms with van der Waals surface area (Å²) in [5, 5.41) is 4.75. The van der Waals surface area contributed by atoms with Crippen molar-refractivity contribution in [2.45, 2.75) is 71.6 Å². The molecule has 0 saturated carbocycles. The van der Waals surface area contributed by atoms with Gasteiger partial charge >= 0.3 is 6.09 Å². The van der Waals surface area contributed by atoms with Gasteiger partial charge in [0.25, 0.3) is 0 Å². The minimum Gasteiger partial charge on any atom is -0.496 e. The third kappa shape index (κ3) is 6.61. The van der Waals surface area contributed by atoms with Crippen molar-refractivity contribution in [3.63, 3.8) is 0 Å². The van der Waals surface area contributed by atoms with Crippen LogP contribution in [0.5, 0.6) is 5.75 Å². The molecule has 8 nitrogen and oxygen atoms in total. The molecule has 0 aliphatic carbocycles. The van der Waals surface area contributed by atoms with Crippen LogP contribution in [0.1, 0.15) is 65.0 Å². The number of carbonyl (C=O) groups excluding carboxylic acids is 3. The number of methoxy groups -OCH3 is 2. The number of likely N-dealkylation sites (tertiary alicyclic amines) is 1. The summed E-state index contributed by atoms with van der Waals surface area (Å²) >= 11 is 0. The molecule has 39 heavy (non-hydrogen) atoms. The topological polar surface area (TPSA) is 94.2 Å². The summed E-state index contributed by atoms with van der Waals surface area (Å²) in [5.74, 6) is 0.439. The van der Waals surface area contributed by atoms with Crippen LogP contribution in [0.15, 0.2) is 36.4 Å². The number of benzene rings is 2. The average molecular weight is 539 g/mol. The van der Waals surface area contributed by atoms with E-state index in [2.05, 4.69) is 11.4 Å². The van der Waals surface area contributed by atoms with Gasteiger partial charge in [-0.2, -0.15) is 0 Å². The number of aldehydes is 1. The molecule has 1 N–H and O–H groups in total. The fourth-order valence-electron chi connectivity index (χ4n) is 5.09. The van der Waals surface area contributed by atoms with Gasteiger partial charge in [0.2, 0.25) is 5.91 Å². The molecule has 0 unspecified atom stereocenters. The SMILES string of the molecule is CC=Cc1cc2cc([C@]3(OC)C[C@@H](C=O)N(C(=O)[C@@H](NC(=O)OCCCC)C(C)(C)C)C3)ccc2cc1OC. The van der Waals surface area contributed by atoms with E-state index in [0.29, 0.717) is 6.42 Å². The maximum absolute atomic E-state index is 13.9. The number of carbonyl (C=O) groups is 3. The molecule has 8 heteroatoms. The Morgan fingerprint density at radius 1 is 1.18 bits per heavy atom. The van der Waals surface area contributed by atoms with Gasteiger partial charge in [0.15, 0.2) is 0 Å². The van der Waals surface area contributed by atoms with E-state index in [1.807, 2.05) is 71.0 Å². The quantitative estimate of drug-likeness (QED) is 0.319. The number of hydrogen-bond donors (Lipinski definition) is 1. The van der Waals surface area contributed by atoms with Gasteiger partial charge in [-0.05, 0) is 53.3 Å². The van der Waals surface area contributed by atoms with E-state index in [4.69, 9.17) is 14.2 Å². The Morgan fingerprint density at radius 3 is 2.51 bits per heavy atom. The second-order valence-corrected chi connectivity index (χ2v) is 11.2. The lowest BCUT2D eigenvalue weighted by molar-refractivity contribution is -0.139. The number of nitrogens with zero attached hydrogens (tertiary/aromatic N) is 1. The van der Waals surface area contributed by atoms with Crippen molar-refractivity contribution in [1.82, 2.24) is 10.2 Å². The van der Waals surface area contributed by atoms with Gasteiger partial charge < -0.3 is 29.2 Å². The molecule has 2 aromatic rings. The first-order valence-corrected chi connectivity index (χ1v) is 13.5. The number of unbranched alkanes of at least 4 members (excludes halogenated alkanes) is 1. The lowest BCUT2D eigenvalue weighted by atomic mass is 9.85. The van der Waals surface area contributed by atoms with E-state index in [1.54, 1.807) is 14.2 Å². The minimum atomic E-state index is -0.889. The van der Waals surface area contributed by atoms with Gasteiger partial charge in [-0.15, -0.1) is 0 Å². The highest BCUT2D eigenvalue weighted by Gasteiger charge is 2.50. The Bertz CT molecular complexity index is 1220. The molecular weight excluding hydrogens is 496 g/mol. The van der Waals surface area contributed by atoms with E-state index < -0.39 is 29.2 Å². The molecular formula is C31H42N2O6. The zero-order valence-corrected chi connectivity index (χ0v) is 24.2. The van der Waals surface area contributed by atoms with E-state index in [1.165, 1.54) is 4.90 Å². The molecule has 2 amide bonds. The summed E-state index contributed by atoms with van der Waals surface area (Å²) in [4.78, 5) is 40.1. The van der Waals surface area contributed by atoms with Crippen molar-refractivity contribution in [2.24, 2.45) is 5.41 Å². The molecule has 1 aliphatic rings. The monoisotopic (exact) mass is 538 g/mol. The van der Waals surface area contributed by atoms with E-state index in [9.17, 15) is 14.4 Å². The van der Waals surface area contributed by atoms with E-state index >= 15 is 0 Å². The Balaban J connectivity index is 1.95. The van der Waals surface area contributed by atoms with Crippen molar-refractivity contribution in [3.8, 4) is 5.75 Å². The highest BCUT2D eigenvalue weighted by atomic mass is 16.5. The fourth-order valence-corrected chi connectivity index (χ4v) is 5.09. The normalized spacial score (nSPS) is 20.3. The smallest absolute Gasteiger partial charge is 0.407 e. The van der Waals surface area contributed by atoms with Crippen LogP contribution in [0, 0.1) is 5.41 Å². The first-order valence-electron chi connectivity index (χ1n) is 13.5. The number of nitrogens with one attached hydrogen (secondary N) is 1. The molecule has 0 bridgehead atoms. The van der Waals surface area contributed by atoms with E-state index in [0.717, 1.165) is 46.8 Å². The van der Waals surface area contributed by atoms with Crippen LogP contribution in [-0.4, -0.2) is 62.6 Å². The summed E-state index contributed by atoms with van der Waals surface area (Å²) in [5.41, 5.74) is 0.323. The first-order chi connectivity index (χ1) is 18.5. The summed E-state index contributed by atoms with van der Waals surface area (Å²) in [6.45, 7) is 10.0. The van der Waals surface area contributed by atoms with Gasteiger partial charge in [-0.1, -0.05) is 58.4 Å². The number of rotatable bonds is 10. The largest absolute Gasteiger partial charge is 0.496 e. The molecule has 0 aromatic heterocycles. The van der Waals surface area contributed by atoms with Crippen LogP contribution in [0.4, 0.5) is 4.79 Å². The predicted molar refractivity (Wildman–Crippen MR) is 153 cm³/mol. The molecule has 0 radical (unpaired) electrons. The average Bonchev–Trinajstić information content (AvgIpc) is 3.31.